The van der Waals surface area contributed by atoms with E-state index in [9.17, 15) is 9.59 Å². The van der Waals surface area contributed by atoms with Gasteiger partial charge in [0.15, 0.2) is 5.78 Å². The highest BCUT2D eigenvalue weighted by Crippen LogP contribution is 2.43. The van der Waals surface area contributed by atoms with Gasteiger partial charge in [-0.3, -0.25) is 9.59 Å². The number of nitrogens with one attached hydrogen (secondary N) is 3. The second-order valence-electron chi connectivity index (χ2n) is 8.74. The van der Waals surface area contributed by atoms with Crippen molar-refractivity contribution in [2.45, 2.75) is 12.3 Å². The number of benzene rings is 3. The van der Waals surface area contributed by atoms with Gasteiger partial charge in [0, 0.05) is 45.8 Å². The number of H-pyrrole nitrogens is 2. The molecule has 6 rings (SSSR count). The molecule has 1 unspecified atom stereocenters. The summed E-state index contributed by atoms with van der Waals surface area (Å²) in [7, 11) is 1.61. The smallest absolute Gasteiger partial charge is 0.211 e. The van der Waals surface area contributed by atoms with E-state index in [2.05, 4.69) is 15.3 Å². The largest absolute Gasteiger partial charge is 0.497 e. The van der Waals surface area contributed by atoms with E-state index in [4.69, 9.17) is 16.3 Å². The van der Waals surface area contributed by atoms with Gasteiger partial charge in [0.2, 0.25) is 5.78 Å². The number of carbonyl (C=O) groups is 2. The molecule has 0 spiro atoms. The van der Waals surface area contributed by atoms with Crippen molar-refractivity contribution >= 4 is 50.7 Å². The van der Waals surface area contributed by atoms with Crippen molar-refractivity contribution in [3.8, 4) is 5.75 Å². The topological polar surface area (TPSA) is 87.0 Å². The Bertz CT molecular complexity index is 1620. The predicted molar refractivity (Wildman–Crippen MR) is 138 cm³/mol. The fourth-order valence-electron chi connectivity index (χ4n) is 5.06. The van der Waals surface area contributed by atoms with E-state index in [0.717, 1.165) is 27.9 Å². The first-order chi connectivity index (χ1) is 17.0. The van der Waals surface area contributed by atoms with E-state index in [1.807, 2.05) is 60.7 Å². The minimum Gasteiger partial charge on any atom is -0.497 e. The first-order valence-corrected chi connectivity index (χ1v) is 11.8. The Kier molecular flexibility index (Phi) is 5.11. The van der Waals surface area contributed by atoms with Crippen LogP contribution >= 0.6 is 11.6 Å². The number of anilines is 1. The van der Waals surface area contributed by atoms with Gasteiger partial charge >= 0.3 is 0 Å². The highest BCUT2D eigenvalue weighted by atomic mass is 35.5. The fourth-order valence-corrected chi connectivity index (χ4v) is 5.31. The molecule has 1 atom stereocenters. The van der Waals surface area contributed by atoms with Crippen LogP contribution in [-0.4, -0.2) is 35.2 Å². The summed E-state index contributed by atoms with van der Waals surface area (Å²) in [6.07, 6.45) is 2.31. The number of hydrogen-bond donors (Lipinski definition) is 3. The van der Waals surface area contributed by atoms with Crippen LogP contribution in [0.1, 0.15) is 44.3 Å². The lowest BCUT2D eigenvalue weighted by atomic mass is 9.82. The van der Waals surface area contributed by atoms with Crippen molar-refractivity contribution in [3.05, 3.63) is 94.3 Å². The molecule has 3 N–H and O–H groups in total. The number of fused-ring (bicyclic) bond motifs is 4. The van der Waals surface area contributed by atoms with Gasteiger partial charge in [-0.15, -0.1) is 0 Å². The van der Waals surface area contributed by atoms with Crippen LogP contribution in [-0.2, 0) is 0 Å². The maximum Gasteiger partial charge on any atom is 0.211 e. The minimum atomic E-state index is -0.386. The molecule has 6 nitrogen and oxygen atoms in total. The molecule has 0 amide bonds. The quantitative estimate of drug-likeness (QED) is 0.255. The van der Waals surface area contributed by atoms with Crippen LogP contribution in [0, 0.1) is 0 Å². The summed E-state index contributed by atoms with van der Waals surface area (Å²) in [5, 5.41) is 5.45. The number of hydrogen-bond acceptors (Lipinski definition) is 4. The summed E-state index contributed by atoms with van der Waals surface area (Å²) in [4.78, 5) is 33.7. The van der Waals surface area contributed by atoms with Crippen LogP contribution in [0.15, 0.2) is 66.9 Å². The maximum atomic E-state index is 13.8. The zero-order valence-corrected chi connectivity index (χ0v) is 19.7. The Morgan fingerprint density at radius 2 is 1.89 bits per heavy atom. The molecule has 174 valence electrons. The van der Waals surface area contributed by atoms with E-state index < -0.39 is 0 Å². The molecule has 0 aliphatic carbocycles. The number of rotatable bonds is 5. The fraction of sp³-hybridized carbons (Fsp3) is 0.143. The summed E-state index contributed by atoms with van der Waals surface area (Å²) in [6.45, 7) is 0.648. The molecular formula is C28H22ClN3O3. The predicted octanol–water partition coefficient (Wildman–Crippen LogP) is 6.32. The first-order valence-electron chi connectivity index (χ1n) is 11.4. The third kappa shape index (κ3) is 3.49. The van der Waals surface area contributed by atoms with Crippen molar-refractivity contribution in [3.63, 3.8) is 0 Å². The number of ketones is 2. The molecule has 35 heavy (non-hydrogen) atoms. The molecule has 7 heteroatoms. The lowest BCUT2D eigenvalue weighted by Gasteiger charge is -2.27. The van der Waals surface area contributed by atoms with Gasteiger partial charge in [0.05, 0.1) is 29.3 Å². The second-order valence-corrected chi connectivity index (χ2v) is 9.14. The summed E-state index contributed by atoms with van der Waals surface area (Å²) in [5.74, 6) is 0.196. The van der Waals surface area contributed by atoms with Crippen molar-refractivity contribution in [1.29, 1.82) is 0 Å². The van der Waals surface area contributed by atoms with E-state index >= 15 is 0 Å². The van der Waals surface area contributed by atoms with Crippen molar-refractivity contribution in [1.82, 2.24) is 9.97 Å². The highest BCUT2D eigenvalue weighted by Gasteiger charge is 2.32. The number of ether oxygens (including phenoxy) is 1. The van der Waals surface area contributed by atoms with Gasteiger partial charge in [-0.1, -0.05) is 41.9 Å². The molecule has 1 aliphatic heterocycles. The molecule has 3 heterocycles. The third-order valence-electron chi connectivity index (χ3n) is 6.74. The molecule has 2 aromatic heterocycles. The number of Topliss-reactive ketones (excluding diaryl/α,β-unsaturated/α-hetero) is 1. The van der Waals surface area contributed by atoms with Gasteiger partial charge in [-0.25, -0.2) is 0 Å². The molecule has 5 aromatic rings. The Hall–Kier alpha value is -4.03. The molecule has 0 saturated carbocycles. The van der Waals surface area contributed by atoms with Gasteiger partial charge in [-0.05, 0) is 42.3 Å². The Balaban J connectivity index is 1.52. The Labute approximate surface area is 206 Å². The molecule has 0 saturated heterocycles. The highest BCUT2D eigenvalue weighted by molar-refractivity contribution is 6.37. The SMILES string of the molecule is COc1ccc2[nH]c(C(=O)c3c[nH]c4c(Cl)cc5c(c34)C(C(=O)c3ccccc3)CCN5)cc2c1. The van der Waals surface area contributed by atoms with Gasteiger partial charge in [0.1, 0.15) is 5.75 Å². The van der Waals surface area contributed by atoms with Crippen LogP contribution in [0.4, 0.5) is 5.69 Å². The zero-order chi connectivity index (χ0) is 24.1. The lowest BCUT2D eigenvalue weighted by Crippen LogP contribution is -2.24. The van der Waals surface area contributed by atoms with E-state index in [-0.39, 0.29) is 17.5 Å². The third-order valence-corrected chi connectivity index (χ3v) is 7.04. The summed E-state index contributed by atoms with van der Waals surface area (Å²) in [5.41, 5.74) is 4.68. The van der Waals surface area contributed by atoms with Crippen molar-refractivity contribution < 1.29 is 14.3 Å². The number of methoxy groups -OCH3 is 1. The number of aromatic amines is 2. The van der Waals surface area contributed by atoms with Crippen molar-refractivity contribution in [2.75, 3.05) is 19.0 Å². The Morgan fingerprint density at radius 3 is 2.69 bits per heavy atom. The summed E-state index contributed by atoms with van der Waals surface area (Å²) in [6, 6.07) is 18.6. The lowest BCUT2D eigenvalue weighted by molar-refractivity contribution is 0.0954. The van der Waals surface area contributed by atoms with Crippen LogP contribution < -0.4 is 10.1 Å². The van der Waals surface area contributed by atoms with Gasteiger partial charge in [-0.2, -0.15) is 0 Å². The van der Waals surface area contributed by atoms with E-state index in [1.165, 1.54) is 0 Å². The molecule has 3 aromatic carbocycles. The molecule has 0 radical (unpaired) electrons. The minimum absolute atomic E-state index is 0.0364. The van der Waals surface area contributed by atoms with Gasteiger partial charge < -0.3 is 20.0 Å². The molecule has 1 aliphatic rings. The first kappa shape index (κ1) is 21.5. The summed E-state index contributed by atoms with van der Waals surface area (Å²) < 4.78 is 5.31. The Morgan fingerprint density at radius 1 is 1.06 bits per heavy atom. The molecule has 0 bridgehead atoms. The molecule has 0 fully saturated rings. The van der Waals surface area contributed by atoms with Crippen LogP contribution in [0.5, 0.6) is 5.75 Å². The van der Waals surface area contributed by atoms with Crippen LogP contribution in [0.25, 0.3) is 21.8 Å². The average Bonchev–Trinajstić information content (AvgIpc) is 3.53. The summed E-state index contributed by atoms with van der Waals surface area (Å²) >= 11 is 6.61. The number of carbonyl (C=O) groups excluding carboxylic acids is 2. The van der Waals surface area contributed by atoms with E-state index in [1.54, 1.807) is 13.3 Å². The standard InChI is InChI=1S/C28H22ClN3O3/c1-35-17-7-8-21-16(11-17)12-23(32-21)28(34)19-14-31-26-20(29)13-22-24(25(19)26)18(9-10-30-22)27(33)15-5-3-2-4-6-15/h2-8,11-14,18,30-32H,9-10H2,1H3. The monoisotopic (exact) mass is 483 g/mol. The van der Waals surface area contributed by atoms with E-state index in [0.29, 0.717) is 45.7 Å². The zero-order valence-electron chi connectivity index (χ0n) is 18.9. The van der Waals surface area contributed by atoms with Gasteiger partial charge in [0.25, 0.3) is 0 Å². The maximum absolute atomic E-state index is 13.8. The average molecular weight is 484 g/mol. The van der Waals surface area contributed by atoms with Crippen LogP contribution in [0.2, 0.25) is 5.02 Å². The van der Waals surface area contributed by atoms with Crippen molar-refractivity contribution in [2.24, 2.45) is 0 Å². The van der Waals surface area contributed by atoms with Crippen LogP contribution in [0.3, 0.4) is 0 Å². The second kappa shape index (κ2) is 8.32. The normalized spacial score (nSPS) is 15.1. The number of aromatic nitrogens is 2. The molecular weight excluding hydrogens is 462 g/mol. The number of halogens is 1.